The predicted octanol–water partition coefficient (Wildman–Crippen LogP) is -5.71. The number of ether oxygens (including phenoxy) is 1. The molecule has 1 aromatic rings. The molecule has 19 heavy (non-hydrogen) atoms. The van der Waals surface area contributed by atoms with Gasteiger partial charge in [0.25, 0.3) is 0 Å². The van der Waals surface area contributed by atoms with Crippen molar-refractivity contribution in [1.82, 2.24) is 4.98 Å². The van der Waals surface area contributed by atoms with E-state index in [1.54, 1.807) is 0 Å². The molecule has 0 spiro atoms. The number of rotatable bonds is 2. The number of hydrogen-bond donors (Lipinski definition) is 5. The molecule has 108 valence electrons. The second-order valence-electron chi connectivity index (χ2n) is 3.97. The van der Waals surface area contributed by atoms with E-state index < -0.39 is 37.0 Å². The maximum Gasteiger partial charge on any atom is 0.393 e. The molecule has 4 atom stereocenters. The molecule has 0 aromatic carbocycles. The van der Waals surface area contributed by atoms with Crippen LogP contribution in [-0.4, -0.2) is 45.2 Å². The van der Waals surface area contributed by atoms with Gasteiger partial charge in [0.15, 0.2) is 0 Å². The first-order chi connectivity index (χ1) is 8.45. The monoisotopic (exact) mass is 296 g/mol. The molecule has 8 nitrogen and oxygen atoms in total. The molecule has 1 saturated heterocycles. The Hall–Kier alpha value is -1.26. The number of aliphatic hydroxyl groups excluding tert-OH is 3. The van der Waals surface area contributed by atoms with Crippen LogP contribution in [0.5, 0.6) is 0 Å². The van der Waals surface area contributed by atoms with E-state index in [9.17, 15) is 14.6 Å². The molecule has 1 aliphatic heterocycles. The summed E-state index contributed by atoms with van der Waals surface area (Å²) in [6.07, 6.45) is -3.86. The number of nitrogen functional groups attached to an aromatic ring is 2. The fourth-order valence-corrected chi connectivity index (χ4v) is 1.80. The molecule has 1 fully saturated rings. The van der Waals surface area contributed by atoms with Gasteiger partial charge in [0.2, 0.25) is 17.9 Å². The number of hydrogen-bond acceptors (Lipinski definition) is 7. The molecule has 1 aliphatic rings. The normalized spacial score (nSPS) is 30.1. The highest BCUT2D eigenvalue weighted by molar-refractivity contribution is 5.30. The maximum absolute atomic E-state index is 13.3. The van der Waals surface area contributed by atoms with Crippen LogP contribution in [-0.2, 0) is 4.74 Å². The van der Waals surface area contributed by atoms with E-state index in [-0.39, 0.29) is 24.2 Å². The lowest BCUT2D eigenvalue weighted by Gasteiger charge is -2.14. The maximum atomic E-state index is 13.3. The summed E-state index contributed by atoms with van der Waals surface area (Å²) in [5.41, 5.74) is 10.8. The Labute approximate surface area is 113 Å². The molecule has 0 radical (unpaired) electrons. The van der Waals surface area contributed by atoms with E-state index >= 15 is 0 Å². The number of nitrogens with zero attached hydrogens (tertiary/aromatic N) is 2. The summed E-state index contributed by atoms with van der Waals surface area (Å²) in [6.45, 7) is -0.486. The van der Waals surface area contributed by atoms with Gasteiger partial charge in [-0.15, -0.1) is 0 Å². The van der Waals surface area contributed by atoms with Gasteiger partial charge in [-0.05, 0) is 0 Å². The Balaban J connectivity index is 0.00000180. The molecule has 0 aliphatic carbocycles. The molecule has 0 amide bonds. The van der Waals surface area contributed by atoms with Gasteiger partial charge in [0.05, 0.1) is 6.61 Å². The van der Waals surface area contributed by atoms with Gasteiger partial charge >= 0.3 is 5.95 Å². The quantitative estimate of drug-likeness (QED) is 0.343. The fourth-order valence-electron chi connectivity index (χ4n) is 1.80. The Morgan fingerprint density at radius 3 is 2.53 bits per heavy atom. The summed E-state index contributed by atoms with van der Waals surface area (Å²) in [4.78, 5) is 3.54. The fraction of sp³-hybridized carbons (Fsp3) is 0.556. The summed E-state index contributed by atoms with van der Waals surface area (Å²) in [6, 6.07) is 0. The van der Waals surface area contributed by atoms with Crippen molar-refractivity contribution in [1.29, 1.82) is 0 Å². The highest BCUT2D eigenvalue weighted by Crippen LogP contribution is 2.26. The topological polar surface area (TPSA) is 139 Å². The molecule has 7 N–H and O–H groups in total. The van der Waals surface area contributed by atoms with E-state index in [4.69, 9.17) is 21.3 Å². The molecule has 2 rings (SSSR count). The van der Waals surface area contributed by atoms with Crippen LogP contribution < -0.4 is 28.4 Å². The highest BCUT2D eigenvalue weighted by atomic mass is 35.5. The Morgan fingerprint density at radius 1 is 1.37 bits per heavy atom. The van der Waals surface area contributed by atoms with Crippen molar-refractivity contribution in [2.24, 2.45) is 0 Å². The molecule has 0 bridgehead atoms. The average molecular weight is 297 g/mol. The third kappa shape index (κ3) is 2.69. The van der Waals surface area contributed by atoms with Crippen molar-refractivity contribution in [2.45, 2.75) is 24.5 Å². The average Bonchev–Trinajstić information content (AvgIpc) is 2.61. The van der Waals surface area contributed by atoms with Crippen molar-refractivity contribution in [3.05, 3.63) is 12.0 Å². The zero-order chi connectivity index (χ0) is 13.4. The summed E-state index contributed by atoms with van der Waals surface area (Å²) >= 11 is 0. The minimum atomic E-state index is -1.36. The molecule has 0 unspecified atom stereocenters. The van der Waals surface area contributed by atoms with Crippen molar-refractivity contribution < 1.29 is 41.4 Å². The number of halogens is 2. The Morgan fingerprint density at radius 2 is 2.00 bits per heavy atom. The lowest BCUT2D eigenvalue weighted by molar-refractivity contribution is -0.756. The zero-order valence-corrected chi connectivity index (χ0v) is 10.4. The summed E-state index contributed by atoms with van der Waals surface area (Å²) in [5, 5.41) is 28.3. The number of nitrogens with two attached hydrogens (primary N) is 2. The van der Waals surface area contributed by atoms with E-state index in [2.05, 4.69) is 4.98 Å². The summed E-state index contributed by atoms with van der Waals surface area (Å²) in [5.74, 6) is -1.39. The van der Waals surface area contributed by atoms with Crippen molar-refractivity contribution in [3.63, 3.8) is 0 Å². The van der Waals surface area contributed by atoms with E-state index in [0.717, 1.165) is 10.8 Å². The molecule has 2 heterocycles. The van der Waals surface area contributed by atoms with E-state index in [1.807, 2.05) is 0 Å². The Bertz CT molecular complexity index is 466. The van der Waals surface area contributed by atoms with Gasteiger partial charge < -0.3 is 38.2 Å². The van der Waals surface area contributed by atoms with Gasteiger partial charge in [-0.3, -0.25) is 5.73 Å². The lowest BCUT2D eigenvalue weighted by atomic mass is 10.1. The van der Waals surface area contributed by atoms with Gasteiger partial charge in [-0.25, -0.2) is 4.57 Å². The van der Waals surface area contributed by atoms with Gasteiger partial charge in [-0.2, -0.15) is 4.39 Å². The van der Waals surface area contributed by atoms with Gasteiger partial charge in [0, 0.05) is 0 Å². The summed E-state index contributed by atoms with van der Waals surface area (Å²) < 4.78 is 19.5. The third-order valence-corrected chi connectivity index (χ3v) is 2.79. The molecule has 0 saturated carbocycles. The molecule has 10 heteroatoms. The third-order valence-electron chi connectivity index (χ3n) is 2.79. The zero-order valence-electron chi connectivity index (χ0n) is 9.65. The van der Waals surface area contributed by atoms with Crippen LogP contribution in [0.3, 0.4) is 0 Å². The van der Waals surface area contributed by atoms with Crippen molar-refractivity contribution >= 4 is 11.8 Å². The van der Waals surface area contributed by atoms with Crippen LogP contribution in [0.15, 0.2) is 6.20 Å². The second kappa shape index (κ2) is 5.80. The summed E-state index contributed by atoms with van der Waals surface area (Å²) in [7, 11) is 0. The SMILES string of the molecule is Nc1nc(N)[n+]([C@@H]2O[C@H](CO)[C@@H](O)[C@H]2O)cc1F.[Cl-]. The minimum Gasteiger partial charge on any atom is -1.00 e. The number of aromatic nitrogens is 2. The largest absolute Gasteiger partial charge is 1.00 e. The first-order valence-corrected chi connectivity index (χ1v) is 5.20. The van der Waals surface area contributed by atoms with Crippen LogP contribution in [0, 0.1) is 5.82 Å². The van der Waals surface area contributed by atoms with Crippen LogP contribution in [0.2, 0.25) is 0 Å². The Kier molecular flexibility index (Phi) is 4.82. The van der Waals surface area contributed by atoms with Crippen LogP contribution in [0.25, 0.3) is 0 Å². The predicted molar refractivity (Wildman–Crippen MR) is 56.2 cm³/mol. The minimum absolute atomic E-state index is 0. The standard InChI is InChI=1S/C9H13FN4O4.ClH/c10-3-1-14(9(12)13-7(3)11)8-6(17)5(16)4(2-15)18-8;/h1,4-6,8,15-17H,2H2,(H3,11,12,13);1H/t4-,5-,6-,8-;/m1./s1. The highest BCUT2D eigenvalue weighted by Gasteiger charge is 2.46. The van der Waals surface area contributed by atoms with Crippen LogP contribution >= 0.6 is 0 Å². The van der Waals surface area contributed by atoms with Crippen molar-refractivity contribution in [2.75, 3.05) is 18.1 Å². The van der Waals surface area contributed by atoms with Crippen LogP contribution in [0.1, 0.15) is 6.23 Å². The van der Waals surface area contributed by atoms with E-state index in [1.165, 1.54) is 0 Å². The van der Waals surface area contributed by atoms with E-state index in [0.29, 0.717) is 0 Å². The van der Waals surface area contributed by atoms with Crippen molar-refractivity contribution in [3.8, 4) is 0 Å². The molecule has 1 aromatic heterocycles. The smallest absolute Gasteiger partial charge is 0.393 e. The lowest BCUT2D eigenvalue weighted by Crippen LogP contribution is -3.00. The number of aliphatic hydroxyl groups is 3. The molecular weight excluding hydrogens is 283 g/mol. The van der Waals surface area contributed by atoms with Gasteiger partial charge in [-0.1, -0.05) is 4.98 Å². The first kappa shape index (κ1) is 15.8. The second-order valence-corrected chi connectivity index (χ2v) is 3.97. The molecular formula is C9H14ClFN4O4. The van der Waals surface area contributed by atoms with Crippen LogP contribution in [0.4, 0.5) is 16.2 Å². The first-order valence-electron chi connectivity index (χ1n) is 5.20. The van der Waals surface area contributed by atoms with Gasteiger partial charge in [0.1, 0.15) is 24.5 Å². The number of anilines is 2.